The van der Waals surface area contributed by atoms with Gasteiger partial charge in [0.1, 0.15) is 12.1 Å². The molecule has 3 unspecified atom stereocenters. The first-order valence-corrected chi connectivity index (χ1v) is 11.8. The average molecular weight is 426 g/mol. The van der Waals surface area contributed by atoms with Crippen molar-refractivity contribution in [2.75, 3.05) is 32.8 Å². The molecule has 0 radical (unpaired) electrons. The lowest BCUT2D eigenvalue weighted by Gasteiger charge is -2.39. The van der Waals surface area contributed by atoms with Crippen LogP contribution in [0.3, 0.4) is 0 Å². The molecular formula is C24H35N5O2. The van der Waals surface area contributed by atoms with Gasteiger partial charge in [0.05, 0.1) is 12.2 Å². The topological polar surface area (TPSA) is 72.3 Å². The molecule has 0 bridgehead atoms. The van der Waals surface area contributed by atoms with Crippen molar-refractivity contribution >= 4 is 5.91 Å². The fraction of sp³-hybridized carbons (Fsp3) is 0.625. The van der Waals surface area contributed by atoms with Crippen molar-refractivity contribution in [2.24, 2.45) is 11.8 Å². The van der Waals surface area contributed by atoms with Crippen LogP contribution in [0.1, 0.15) is 55.8 Å². The van der Waals surface area contributed by atoms with E-state index >= 15 is 0 Å². The molecule has 7 nitrogen and oxygen atoms in total. The third-order valence-electron chi connectivity index (χ3n) is 6.66. The summed E-state index contributed by atoms with van der Waals surface area (Å²) in [4.78, 5) is 24.0. The smallest absolute Gasteiger partial charge is 0.253 e. The molecule has 168 valence electrons. The number of carbonyl (C=O) groups is 1. The van der Waals surface area contributed by atoms with E-state index in [1.165, 1.54) is 38.6 Å². The van der Waals surface area contributed by atoms with Gasteiger partial charge in [0.25, 0.3) is 5.91 Å². The van der Waals surface area contributed by atoms with Gasteiger partial charge in [0.15, 0.2) is 0 Å². The number of nitrogens with zero attached hydrogens (tertiary/aromatic N) is 4. The highest BCUT2D eigenvalue weighted by molar-refractivity contribution is 5.94. The number of imidazole rings is 1. The number of piperidine rings is 1. The van der Waals surface area contributed by atoms with Crippen molar-refractivity contribution in [3.05, 3.63) is 42.6 Å². The molecule has 0 spiro atoms. The summed E-state index contributed by atoms with van der Waals surface area (Å²) in [7, 11) is 0. The largest absolute Gasteiger partial charge is 0.381 e. The van der Waals surface area contributed by atoms with Gasteiger partial charge in [-0.3, -0.25) is 9.36 Å². The Bertz CT molecular complexity index is 808. The van der Waals surface area contributed by atoms with Crippen molar-refractivity contribution in [2.45, 2.75) is 51.5 Å². The predicted octanol–water partition coefficient (Wildman–Crippen LogP) is 3.30. The zero-order valence-electron chi connectivity index (χ0n) is 18.6. The van der Waals surface area contributed by atoms with Gasteiger partial charge in [-0.1, -0.05) is 12.8 Å². The first kappa shape index (κ1) is 22.0. The number of hydrogen-bond donors (Lipinski definition) is 1. The van der Waals surface area contributed by atoms with Crippen molar-refractivity contribution in [3.8, 4) is 5.82 Å². The van der Waals surface area contributed by atoms with Gasteiger partial charge in [-0.25, -0.2) is 9.97 Å². The van der Waals surface area contributed by atoms with Crippen LogP contribution in [0.4, 0.5) is 0 Å². The predicted molar refractivity (Wildman–Crippen MR) is 120 cm³/mol. The Morgan fingerprint density at radius 1 is 1.23 bits per heavy atom. The van der Waals surface area contributed by atoms with Gasteiger partial charge in [0, 0.05) is 44.3 Å². The minimum atomic E-state index is -0.0190. The van der Waals surface area contributed by atoms with Crippen LogP contribution in [0.5, 0.6) is 0 Å². The van der Waals surface area contributed by atoms with Gasteiger partial charge < -0.3 is 15.0 Å². The van der Waals surface area contributed by atoms with Gasteiger partial charge in [-0.05, 0) is 63.1 Å². The summed E-state index contributed by atoms with van der Waals surface area (Å²) in [6.45, 7) is 7.10. The maximum absolute atomic E-state index is 12.9. The molecule has 2 aliphatic rings. The van der Waals surface area contributed by atoms with E-state index in [1.807, 2.05) is 22.9 Å². The van der Waals surface area contributed by atoms with Crippen LogP contribution in [-0.2, 0) is 4.74 Å². The maximum atomic E-state index is 12.9. The van der Waals surface area contributed by atoms with Crippen molar-refractivity contribution < 1.29 is 9.53 Å². The summed E-state index contributed by atoms with van der Waals surface area (Å²) in [6, 6.07) is 3.95. The third-order valence-corrected chi connectivity index (χ3v) is 6.66. The van der Waals surface area contributed by atoms with E-state index in [-0.39, 0.29) is 11.9 Å². The first-order chi connectivity index (χ1) is 15.2. The van der Waals surface area contributed by atoms with Gasteiger partial charge >= 0.3 is 0 Å². The Labute approximate surface area is 185 Å². The number of nitrogens with one attached hydrogen (secondary N) is 1. The normalized spacial score (nSPS) is 24.7. The number of rotatable bonds is 8. The minimum Gasteiger partial charge on any atom is -0.381 e. The van der Waals surface area contributed by atoms with E-state index in [1.54, 1.807) is 18.7 Å². The molecule has 2 fully saturated rings. The Kier molecular flexibility index (Phi) is 7.70. The van der Waals surface area contributed by atoms with Crippen molar-refractivity contribution in [1.82, 2.24) is 24.8 Å². The van der Waals surface area contributed by atoms with Crippen molar-refractivity contribution in [3.63, 3.8) is 0 Å². The minimum absolute atomic E-state index is 0.0190. The van der Waals surface area contributed by atoms with Crippen LogP contribution in [-0.4, -0.2) is 64.2 Å². The Balaban J connectivity index is 1.33. The standard InChI is InChI=1S/C24H35N5O2/c1-2-31-17-19-6-5-12-28(15-19)16-21-7-3-4-8-22(21)27-24(30)20-9-10-23(26-14-20)29-13-11-25-18-29/h9-11,13-14,18-19,21-22H,2-8,12,15-17H2,1H3,(H,27,30). The fourth-order valence-electron chi connectivity index (χ4n) is 5.00. The zero-order valence-corrected chi connectivity index (χ0v) is 18.6. The summed E-state index contributed by atoms with van der Waals surface area (Å²) in [5, 5.41) is 3.33. The Morgan fingerprint density at radius 2 is 2.13 bits per heavy atom. The van der Waals surface area contributed by atoms with Gasteiger partial charge in [0.2, 0.25) is 0 Å². The molecule has 7 heteroatoms. The zero-order chi connectivity index (χ0) is 21.5. The summed E-state index contributed by atoms with van der Waals surface area (Å²) in [5.41, 5.74) is 0.614. The fourth-order valence-corrected chi connectivity index (χ4v) is 5.00. The number of amides is 1. The van der Waals surface area contributed by atoms with Crippen molar-refractivity contribution in [1.29, 1.82) is 0 Å². The lowest BCUT2D eigenvalue weighted by molar-refractivity contribution is 0.0548. The quantitative estimate of drug-likeness (QED) is 0.703. The van der Waals surface area contributed by atoms with Gasteiger partial charge in [-0.15, -0.1) is 0 Å². The van der Waals surface area contributed by atoms with Crippen LogP contribution in [0.25, 0.3) is 5.82 Å². The van der Waals surface area contributed by atoms with Crippen LogP contribution in [0, 0.1) is 11.8 Å². The molecular weight excluding hydrogens is 390 g/mol. The van der Waals surface area contributed by atoms with Crippen LogP contribution in [0.2, 0.25) is 0 Å². The lowest BCUT2D eigenvalue weighted by Crippen LogP contribution is -2.48. The molecule has 3 atom stereocenters. The van der Waals surface area contributed by atoms with Crippen LogP contribution >= 0.6 is 0 Å². The van der Waals surface area contributed by atoms with Crippen LogP contribution in [0.15, 0.2) is 37.1 Å². The van der Waals surface area contributed by atoms with E-state index in [0.717, 1.165) is 38.5 Å². The summed E-state index contributed by atoms with van der Waals surface area (Å²) >= 11 is 0. The molecule has 2 aromatic heterocycles. The first-order valence-electron chi connectivity index (χ1n) is 11.8. The monoisotopic (exact) mass is 425 g/mol. The molecule has 2 aromatic rings. The Morgan fingerprint density at radius 3 is 2.90 bits per heavy atom. The second-order valence-corrected chi connectivity index (χ2v) is 8.93. The summed E-state index contributed by atoms with van der Waals surface area (Å²) in [5.74, 6) is 1.90. The summed E-state index contributed by atoms with van der Waals surface area (Å²) < 4.78 is 7.50. The van der Waals surface area contributed by atoms with E-state index in [2.05, 4.69) is 27.1 Å². The number of likely N-dealkylation sites (tertiary alicyclic amines) is 1. The number of ether oxygens (including phenoxy) is 1. The van der Waals surface area contributed by atoms with E-state index in [9.17, 15) is 4.79 Å². The van der Waals surface area contributed by atoms with E-state index in [0.29, 0.717) is 17.4 Å². The average Bonchev–Trinajstić information content (AvgIpc) is 3.34. The number of pyridine rings is 1. The highest BCUT2D eigenvalue weighted by Gasteiger charge is 2.30. The maximum Gasteiger partial charge on any atom is 0.253 e. The highest BCUT2D eigenvalue weighted by atomic mass is 16.5. The molecule has 4 rings (SSSR count). The molecule has 1 saturated carbocycles. The number of carbonyl (C=O) groups excluding carboxylic acids is 1. The number of aromatic nitrogens is 3. The third kappa shape index (κ3) is 5.92. The highest BCUT2D eigenvalue weighted by Crippen LogP contribution is 2.27. The molecule has 1 N–H and O–H groups in total. The molecule has 31 heavy (non-hydrogen) atoms. The second kappa shape index (κ2) is 10.9. The molecule has 1 aliphatic heterocycles. The van der Waals surface area contributed by atoms with Crippen LogP contribution < -0.4 is 5.32 Å². The molecule has 1 amide bonds. The number of hydrogen-bond acceptors (Lipinski definition) is 5. The second-order valence-electron chi connectivity index (χ2n) is 8.93. The summed E-state index contributed by atoms with van der Waals surface area (Å²) in [6.07, 6.45) is 14.1. The van der Waals surface area contributed by atoms with E-state index in [4.69, 9.17) is 4.74 Å². The SMILES string of the molecule is CCOCC1CCCN(CC2CCCCC2NC(=O)c2ccc(-n3ccnc3)nc2)C1. The molecule has 0 aromatic carbocycles. The Hall–Kier alpha value is -2.25. The van der Waals surface area contributed by atoms with Gasteiger partial charge in [-0.2, -0.15) is 0 Å². The lowest BCUT2D eigenvalue weighted by atomic mass is 9.83. The molecule has 1 aliphatic carbocycles. The molecule has 3 heterocycles. The van der Waals surface area contributed by atoms with E-state index < -0.39 is 0 Å². The molecule has 1 saturated heterocycles.